The van der Waals surface area contributed by atoms with Gasteiger partial charge in [0.15, 0.2) is 0 Å². The number of halogens is 1. The minimum Gasteiger partial charge on any atom is -0.381 e. The van der Waals surface area contributed by atoms with E-state index in [4.69, 9.17) is 11.6 Å². The Bertz CT molecular complexity index is 636. The topological polar surface area (TPSA) is 32.3 Å². The lowest BCUT2D eigenvalue weighted by atomic mass is 10.1. The van der Waals surface area contributed by atoms with Gasteiger partial charge in [0.1, 0.15) is 0 Å². The largest absolute Gasteiger partial charge is 0.381 e. The van der Waals surface area contributed by atoms with Crippen LogP contribution in [0.5, 0.6) is 0 Å². The average molecular weight is 303 g/mol. The summed E-state index contributed by atoms with van der Waals surface area (Å²) in [6.07, 6.45) is 0. The summed E-state index contributed by atoms with van der Waals surface area (Å²) in [5.41, 5.74) is 3.86. The van der Waals surface area contributed by atoms with Gasteiger partial charge < -0.3 is 10.2 Å². The standard InChI is InChI=1S/C17H19ClN2O/c1-12-4-5-13(10-16(12)18)11-19-15-8-6-14(7-9-15)17(21)20(2)3/h4-10,19H,11H2,1-3H3. The third-order valence-corrected chi connectivity index (χ3v) is 3.68. The second-order valence-corrected chi connectivity index (χ2v) is 5.62. The average Bonchev–Trinajstić information content (AvgIpc) is 2.48. The van der Waals surface area contributed by atoms with Crippen molar-refractivity contribution in [3.63, 3.8) is 0 Å². The van der Waals surface area contributed by atoms with Gasteiger partial charge in [-0.1, -0.05) is 23.7 Å². The van der Waals surface area contributed by atoms with Gasteiger partial charge in [0.05, 0.1) is 0 Å². The van der Waals surface area contributed by atoms with Crippen molar-refractivity contribution in [2.24, 2.45) is 0 Å². The van der Waals surface area contributed by atoms with Crippen LogP contribution in [-0.4, -0.2) is 24.9 Å². The number of anilines is 1. The molecule has 0 heterocycles. The van der Waals surface area contributed by atoms with Crippen molar-refractivity contribution in [1.29, 1.82) is 0 Å². The minimum atomic E-state index is 0.00636. The van der Waals surface area contributed by atoms with E-state index in [1.807, 2.05) is 43.3 Å². The highest BCUT2D eigenvalue weighted by Crippen LogP contribution is 2.18. The van der Waals surface area contributed by atoms with Gasteiger partial charge in [0.25, 0.3) is 5.91 Å². The molecule has 0 saturated carbocycles. The molecule has 0 aliphatic carbocycles. The number of carbonyl (C=O) groups is 1. The lowest BCUT2D eigenvalue weighted by Gasteiger charge is -2.11. The second-order valence-electron chi connectivity index (χ2n) is 5.21. The van der Waals surface area contributed by atoms with Crippen LogP contribution in [0, 0.1) is 6.92 Å². The Hall–Kier alpha value is -2.00. The van der Waals surface area contributed by atoms with Crippen molar-refractivity contribution in [3.8, 4) is 0 Å². The number of nitrogens with one attached hydrogen (secondary N) is 1. The summed E-state index contributed by atoms with van der Waals surface area (Å²) in [6.45, 7) is 2.68. The van der Waals surface area contributed by atoms with Crippen molar-refractivity contribution in [1.82, 2.24) is 4.90 Å². The van der Waals surface area contributed by atoms with Gasteiger partial charge in [-0.25, -0.2) is 0 Å². The summed E-state index contributed by atoms with van der Waals surface area (Å²) in [7, 11) is 3.49. The molecule has 0 fully saturated rings. The molecule has 21 heavy (non-hydrogen) atoms. The van der Waals surface area contributed by atoms with Gasteiger partial charge in [-0.05, 0) is 48.4 Å². The molecule has 4 heteroatoms. The van der Waals surface area contributed by atoms with Crippen molar-refractivity contribution in [2.75, 3.05) is 19.4 Å². The van der Waals surface area contributed by atoms with E-state index >= 15 is 0 Å². The normalized spacial score (nSPS) is 10.3. The summed E-state index contributed by atoms with van der Waals surface area (Å²) >= 11 is 6.11. The Morgan fingerprint density at radius 3 is 2.38 bits per heavy atom. The summed E-state index contributed by atoms with van der Waals surface area (Å²) in [5, 5.41) is 4.10. The molecule has 0 aliphatic rings. The SMILES string of the molecule is Cc1ccc(CNc2ccc(C(=O)N(C)C)cc2)cc1Cl. The number of rotatable bonds is 4. The van der Waals surface area contributed by atoms with E-state index in [-0.39, 0.29) is 5.91 Å². The maximum atomic E-state index is 11.8. The predicted octanol–water partition coefficient (Wildman–Crippen LogP) is 3.96. The third-order valence-electron chi connectivity index (χ3n) is 3.27. The van der Waals surface area contributed by atoms with Gasteiger partial charge in [-0.15, -0.1) is 0 Å². The Morgan fingerprint density at radius 1 is 1.14 bits per heavy atom. The zero-order valence-electron chi connectivity index (χ0n) is 12.5. The van der Waals surface area contributed by atoms with E-state index in [2.05, 4.69) is 11.4 Å². The predicted molar refractivity (Wildman–Crippen MR) is 88.0 cm³/mol. The van der Waals surface area contributed by atoms with Crippen LogP contribution in [-0.2, 0) is 6.54 Å². The molecule has 1 N–H and O–H groups in total. The molecule has 0 unspecified atom stereocenters. The van der Waals surface area contributed by atoms with Crippen LogP contribution in [0.1, 0.15) is 21.5 Å². The maximum absolute atomic E-state index is 11.8. The first-order chi connectivity index (χ1) is 9.97. The molecule has 1 amide bonds. The molecule has 0 radical (unpaired) electrons. The number of aryl methyl sites for hydroxylation is 1. The number of amides is 1. The summed E-state index contributed by atoms with van der Waals surface area (Å²) < 4.78 is 0. The Balaban J connectivity index is 2.00. The molecule has 0 spiro atoms. The summed E-state index contributed by atoms with van der Waals surface area (Å²) in [4.78, 5) is 13.4. The van der Waals surface area contributed by atoms with Crippen molar-refractivity contribution in [2.45, 2.75) is 13.5 Å². The number of carbonyl (C=O) groups excluding carboxylic acids is 1. The minimum absolute atomic E-state index is 0.00636. The fourth-order valence-electron chi connectivity index (χ4n) is 1.94. The molecule has 110 valence electrons. The molecule has 2 aromatic rings. The molecular weight excluding hydrogens is 284 g/mol. The molecule has 0 aromatic heterocycles. The van der Waals surface area contributed by atoms with E-state index in [0.717, 1.165) is 21.8 Å². The van der Waals surface area contributed by atoms with E-state index < -0.39 is 0 Å². The van der Waals surface area contributed by atoms with Crippen LogP contribution in [0.4, 0.5) is 5.69 Å². The van der Waals surface area contributed by atoms with Gasteiger partial charge in [-0.3, -0.25) is 4.79 Å². The summed E-state index contributed by atoms with van der Waals surface area (Å²) in [5.74, 6) is 0.00636. The Labute approximate surface area is 130 Å². The van der Waals surface area contributed by atoms with Crippen LogP contribution in [0.25, 0.3) is 0 Å². The highest BCUT2D eigenvalue weighted by atomic mass is 35.5. The molecule has 0 bridgehead atoms. The highest BCUT2D eigenvalue weighted by Gasteiger charge is 2.07. The molecule has 2 rings (SSSR count). The van der Waals surface area contributed by atoms with Crippen molar-refractivity contribution < 1.29 is 4.79 Å². The third kappa shape index (κ3) is 3.99. The Morgan fingerprint density at radius 2 is 1.81 bits per heavy atom. The van der Waals surface area contributed by atoms with Gasteiger partial charge >= 0.3 is 0 Å². The van der Waals surface area contributed by atoms with Crippen molar-refractivity contribution in [3.05, 3.63) is 64.2 Å². The van der Waals surface area contributed by atoms with Crippen LogP contribution < -0.4 is 5.32 Å². The monoisotopic (exact) mass is 302 g/mol. The van der Waals surface area contributed by atoms with E-state index in [1.54, 1.807) is 19.0 Å². The van der Waals surface area contributed by atoms with Crippen molar-refractivity contribution >= 4 is 23.2 Å². The lowest BCUT2D eigenvalue weighted by molar-refractivity contribution is 0.0827. The first-order valence-electron chi connectivity index (χ1n) is 6.78. The first-order valence-corrected chi connectivity index (χ1v) is 7.16. The van der Waals surface area contributed by atoms with Gasteiger partial charge in [-0.2, -0.15) is 0 Å². The fraction of sp³-hybridized carbons (Fsp3) is 0.235. The Kier molecular flexibility index (Phi) is 4.86. The fourth-order valence-corrected chi connectivity index (χ4v) is 2.14. The molecular formula is C17H19ClN2O. The van der Waals surface area contributed by atoms with E-state index in [1.165, 1.54) is 0 Å². The van der Waals surface area contributed by atoms with Crippen LogP contribution in [0.15, 0.2) is 42.5 Å². The number of nitrogens with zero attached hydrogens (tertiary/aromatic N) is 1. The van der Waals surface area contributed by atoms with Crippen LogP contribution in [0.2, 0.25) is 5.02 Å². The van der Waals surface area contributed by atoms with E-state index in [0.29, 0.717) is 12.1 Å². The summed E-state index contributed by atoms with van der Waals surface area (Å²) in [6, 6.07) is 13.5. The van der Waals surface area contributed by atoms with Crippen LogP contribution >= 0.6 is 11.6 Å². The van der Waals surface area contributed by atoms with Crippen LogP contribution in [0.3, 0.4) is 0 Å². The molecule has 2 aromatic carbocycles. The highest BCUT2D eigenvalue weighted by molar-refractivity contribution is 6.31. The second kappa shape index (κ2) is 6.64. The van der Waals surface area contributed by atoms with Gasteiger partial charge in [0.2, 0.25) is 0 Å². The van der Waals surface area contributed by atoms with E-state index in [9.17, 15) is 4.79 Å². The molecule has 0 atom stereocenters. The number of hydrogen-bond acceptors (Lipinski definition) is 2. The quantitative estimate of drug-likeness (QED) is 0.927. The molecule has 0 aliphatic heterocycles. The zero-order valence-corrected chi connectivity index (χ0v) is 13.2. The zero-order chi connectivity index (χ0) is 15.4. The number of benzene rings is 2. The number of hydrogen-bond donors (Lipinski definition) is 1. The first kappa shape index (κ1) is 15.4. The molecule has 3 nitrogen and oxygen atoms in total. The molecule has 0 saturated heterocycles. The smallest absolute Gasteiger partial charge is 0.253 e. The lowest BCUT2D eigenvalue weighted by Crippen LogP contribution is -2.21. The maximum Gasteiger partial charge on any atom is 0.253 e. The van der Waals surface area contributed by atoms with Gasteiger partial charge in [0, 0.05) is 36.9 Å².